The van der Waals surface area contributed by atoms with Gasteiger partial charge in [0.1, 0.15) is 5.75 Å². The van der Waals surface area contributed by atoms with Crippen molar-refractivity contribution in [2.45, 2.75) is 26.7 Å². The van der Waals surface area contributed by atoms with Gasteiger partial charge < -0.3 is 4.74 Å². The van der Waals surface area contributed by atoms with Crippen LogP contribution in [0.2, 0.25) is 0 Å². The summed E-state index contributed by atoms with van der Waals surface area (Å²) in [6.45, 7) is 4.74. The topological polar surface area (TPSA) is 79.8 Å². The third-order valence-corrected chi connectivity index (χ3v) is 8.56. The number of carbonyl (C=O) groups is 1. The lowest BCUT2D eigenvalue weighted by Gasteiger charge is -2.33. The summed E-state index contributed by atoms with van der Waals surface area (Å²) in [5, 5.41) is 0.590. The molecule has 0 radical (unpaired) electrons. The number of benzene rings is 2. The van der Waals surface area contributed by atoms with Crippen LogP contribution in [0.5, 0.6) is 5.75 Å². The van der Waals surface area contributed by atoms with Crippen LogP contribution in [0.4, 0.5) is 10.8 Å². The molecule has 0 N–H and O–H groups in total. The van der Waals surface area contributed by atoms with E-state index in [4.69, 9.17) is 9.72 Å². The molecule has 0 unspecified atom stereocenters. The van der Waals surface area contributed by atoms with Gasteiger partial charge in [0.2, 0.25) is 15.9 Å². The van der Waals surface area contributed by atoms with Gasteiger partial charge in [-0.05, 0) is 51.0 Å². The molecule has 0 bridgehead atoms. The first kappa shape index (κ1) is 22.7. The van der Waals surface area contributed by atoms with E-state index in [2.05, 4.69) is 0 Å². The molecule has 170 valence electrons. The second kappa shape index (κ2) is 9.56. The predicted molar refractivity (Wildman–Crippen MR) is 128 cm³/mol. The van der Waals surface area contributed by atoms with Crippen molar-refractivity contribution in [3.63, 3.8) is 0 Å². The largest absolute Gasteiger partial charge is 0.492 e. The SMILES string of the molecule is CCOc1ccccc1N(C(=O)C1CCN(S(=O)(=O)CC)CC1)c1nc2ccccc2s1. The van der Waals surface area contributed by atoms with Crippen molar-refractivity contribution in [2.75, 3.05) is 30.3 Å². The van der Waals surface area contributed by atoms with Crippen LogP contribution in [0.3, 0.4) is 0 Å². The van der Waals surface area contributed by atoms with E-state index in [0.717, 1.165) is 10.2 Å². The first-order valence-corrected chi connectivity index (χ1v) is 13.3. The Bertz CT molecular complexity index is 1170. The van der Waals surface area contributed by atoms with Crippen LogP contribution >= 0.6 is 11.3 Å². The lowest BCUT2D eigenvalue weighted by atomic mass is 9.96. The smallest absolute Gasteiger partial charge is 0.236 e. The fourth-order valence-corrected chi connectivity index (χ4v) is 6.05. The summed E-state index contributed by atoms with van der Waals surface area (Å²) in [6, 6.07) is 15.3. The van der Waals surface area contributed by atoms with Crippen LogP contribution in [-0.2, 0) is 14.8 Å². The molecule has 1 aliphatic rings. The van der Waals surface area contributed by atoms with E-state index >= 15 is 0 Å². The van der Waals surface area contributed by atoms with Crippen LogP contribution < -0.4 is 9.64 Å². The number of anilines is 2. The van der Waals surface area contributed by atoms with Crippen LogP contribution in [-0.4, -0.2) is 49.1 Å². The van der Waals surface area contributed by atoms with Gasteiger partial charge in [-0.2, -0.15) is 0 Å². The summed E-state index contributed by atoms with van der Waals surface area (Å²) in [6.07, 6.45) is 0.965. The molecule has 1 fully saturated rings. The third kappa shape index (κ3) is 4.51. The van der Waals surface area contributed by atoms with Crippen molar-refractivity contribution in [3.8, 4) is 5.75 Å². The van der Waals surface area contributed by atoms with E-state index in [1.807, 2.05) is 55.5 Å². The van der Waals surface area contributed by atoms with E-state index in [9.17, 15) is 13.2 Å². The van der Waals surface area contributed by atoms with E-state index < -0.39 is 10.0 Å². The molecule has 0 aliphatic carbocycles. The molecule has 1 saturated heterocycles. The molecule has 4 rings (SSSR count). The van der Waals surface area contributed by atoms with Gasteiger partial charge in [-0.1, -0.05) is 35.6 Å². The van der Waals surface area contributed by atoms with Crippen LogP contribution in [0.25, 0.3) is 10.2 Å². The average molecular weight is 474 g/mol. The van der Waals surface area contributed by atoms with Gasteiger partial charge in [-0.25, -0.2) is 17.7 Å². The Balaban J connectivity index is 1.69. The molecule has 0 saturated carbocycles. The quantitative estimate of drug-likeness (QED) is 0.507. The molecule has 0 spiro atoms. The first-order valence-electron chi connectivity index (χ1n) is 10.8. The zero-order valence-corrected chi connectivity index (χ0v) is 19.9. The van der Waals surface area contributed by atoms with Crippen LogP contribution in [0.1, 0.15) is 26.7 Å². The summed E-state index contributed by atoms with van der Waals surface area (Å²) < 4.78 is 32.8. The van der Waals surface area contributed by atoms with Gasteiger partial charge in [0, 0.05) is 19.0 Å². The van der Waals surface area contributed by atoms with Gasteiger partial charge in [-0.3, -0.25) is 9.69 Å². The number of amides is 1. The fraction of sp³-hybridized carbons (Fsp3) is 0.391. The molecule has 3 aromatic rings. The van der Waals surface area contributed by atoms with Gasteiger partial charge >= 0.3 is 0 Å². The summed E-state index contributed by atoms with van der Waals surface area (Å²) in [7, 11) is -3.25. The summed E-state index contributed by atoms with van der Waals surface area (Å²) >= 11 is 1.46. The minimum atomic E-state index is -3.25. The first-order chi connectivity index (χ1) is 15.4. The number of sulfonamides is 1. The minimum absolute atomic E-state index is 0.0746. The molecule has 2 heterocycles. The Morgan fingerprint density at radius 1 is 1.12 bits per heavy atom. The van der Waals surface area contributed by atoms with Crippen LogP contribution in [0, 0.1) is 5.92 Å². The highest BCUT2D eigenvalue weighted by Gasteiger charge is 2.35. The number of nitrogens with zero attached hydrogens (tertiary/aromatic N) is 3. The number of thiazole rings is 1. The molecule has 7 nitrogen and oxygen atoms in total. The highest BCUT2D eigenvalue weighted by molar-refractivity contribution is 7.89. The number of ether oxygens (including phenoxy) is 1. The normalized spacial score (nSPS) is 15.7. The molecular weight excluding hydrogens is 446 g/mol. The molecule has 1 aliphatic heterocycles. The second-order valence-corrected chi connectivity index (χ2v) is 10.9. The standard InChI is InChI=1S/C23H27N3O4S2/c1-3-30-20-11-7-6-10-19(20)26(23-24-18-9-5-8-12-21(18)31-23)22(27)17-13-15-25(16-14-17)32(28,29)4-2/h5-12,17H,3-4,13-16H2,1-2H3. The second-order valence-electron chi connectivity index (χ2n) is 7.61. The maximum atomic E-state index is 13.8. The lowest BCUT2D eigenvalue weighted by molar-refractivity contribution is -0.122. The Morgan fingerprint density at radius 2 is 1.81 bits per heavy atom. The Morgan fingerprint density at radius 3 is 2.50 bits per heavy atom. The Hall–Kier alpha value is -2.49. The molecule has 0 atom stereocenters. The van der Waals surface area contributed by atoms with Gasteiger partial charge in [0.25, 0.3) is 0 Å². The van der Waals surface area contributed by atoms with Gasteiger partial charge in [-0.15, -0.1) is 0 Å². The van der Waals surface area contributed by atoms with Crippen molar-refractivity contribution in [2.24, 2.45) is 5.92 Å². The maximum Gasteiger partial charge on any atom is 0.236 e. The molecule has 1 aromatic heterocycles. The predicted octanol–water partition coefficient (Wildman–Crippen LogP) is 4.42. The summed E-state index contributed by atoms with van der Waals surface area (Å²) in [5.74, 6) is 0.323. The van der Waals surface area contributed by atoms with Crippen molar-refractivity contribution in [1.29, 1.82) is 0 Å². The Labute approximate surface area is 192 Å². The van der Waals surface area contributed by atoms with Crippen molar-refractivity contribution < 1.29 is 17.9 Å². The van der Waals surface area contributed by atoms with Crippen molar-refractivity contribution in [1.82, 2.24) is 9.29 Å². The zero-order valence-electron chi connectivity index (χ0n) is 18.2. The average Bonchev–Trinajstić information content (AvgIpc) is 3.24. The van der Waals surface area contributed by atoms with E-state index in [-0.39, 0.29) is 17.6 Å². The number of rotatable bonds is 7. The third-order valence-electron chi connectivity index (χ3n) is 5.66. The molecule has 1 amide bonds. The number of aromatic nitrogens is 1. The number of para-hydroxylation sites is 3. The highest BCUT2D eigenvalue weighted by Crippen LogP contribution is 2.40. The molecule has 2 aromatic carbocycles. The number of hydrogen-bond donors (Lipinski definition) is 0. The number of piperidine rings is 1. The minimum Gasteiger partial charge on any atom is -0.492 e. The van der Waals surface area contributed by atoms with E-state index in [0.29, 0.717) is 49.1 Å². The van der Waals surface area contributed by atoms with Gasteiger partial charge in [0.15, 0.2) is 5.13 Å². The Kier molecular flexibility index (Phi) is 6.78. The summed E-state index contributed by atoms with van der Waals surface area (Å²) in [4.78, 5) is 20.2. The molecule has 9 heteroatoms. The van der Waals surface area contributed by atoms with E-state index in [1.54, 1.807) is 11.8 Å². The van der Waals surface area contributed by atoms with Crippen LogP contribution in [0.15, 0.2) is 48.5 Å². The van der Waals surface area contributed by atoms with Crippen molar-refractivity contribution in [3.05, 3.63) is 48.5 Å². The number of carbonyl (C=O) groups excluding carboxylic acids is 1. The van der Waals surface area contributed by atoms with Gasteiger partial charge in [0.05, 0.1) is 28.3 Å². The fourth-order valence-electron chi connectivity index (χ4n) is 3.94. The van der Waals surface area contributed by atoms with Crippen molar-refractivity contribution >= 4 is 48.3 Å². The monoisotopic (exact) mass is 473 g/mol. The highest BCUT2D eigenvalue weighted by atomic mass is 32.2. The lowest BCUT2D eigenvalue weighted by Crippen LogP contribution is -2.43. The van der Waals surface area contributed by atoms with E-state index in [1.165, 1.54) is 15.6 Å². The zero-order chi connectivity index (χ0) is 22.7. The molecule has 32 heavy (non-hydrogen) atoms. The number of hydrogen-bond acceptors (Lipinski definition) is 6. The number of fused-ring (bicyclic) bond motifs is 1. The maximum absolute atomic E-state index is 13.8. The summed E-state index contributed by atoms with van der Waals surface area (Å²) in [5.41, 5.74) is 1.49. The molecular formula is C23H27N3O4S2.